The number of benzene rings is 3. The molecule has 3 aromatic rings. The van der Waals surface area contributed by atoms with Gasteiger partial charge in [-0.15, -0.1) is 0 Å². The van der Waals surface area contributed by atoms with Gasteiger partial charge in [0.15, 0.2) is 0 Å². The van der Waals surface area contributed by atoms with E-state index in [4.69, 9.17) is 10.5 Å². The quantitative estimate of drug-likeness (QED) is 0.561. The summed E-state index contributed by atoms with van der Waals surface area (Å²) in [6.07, 6.45) is 1.88. The van der Waals surface area contributed by atoms with Gasteiger partial charge < -0.3 is 15.8 Å². The van der Waals surface area contributed by atoms with E-state index in [1.54, 1.807) is 24.3 Å². The summed E-state index contributed by atoms with van der Waals surface area (Å²) in [5.41, 5.74) is 11.7. The van der Waals surface area contributed by atoms with Gasteiger partial charge in [0.25, 0.3) is 0 Å². The van der Waals surface area contributed by atoms with Crippen LogP contribution in [0.1, 0.15) is 39.9 Å². The lowest BCUT2D eigenvalue weighted by Crippen LogP contribution is -2.43. The molecule has 33 heavy (non-hydrogen) atoms. The zero-order valence-corrected chi connectivity index (χ0v) is 19.2. The van der Waals surface area contributed by atoms with Crippen molar-refractivity contribution in [3.63, 3.8) is 0 Å². The maximum atomic E-state index is 13.7. The van der Waals surface area contributed by atoms with Gasteiger partial charge in [-0.3, -0.25) is 9.59 Å². The van der Waals surface area contributed by atoms with Crippen LogP contribution in [-0.2, 0) is 16.0 Å². The van der Waals surface area contributed by atoms with Crippen molar-refractivity contribution in [1.29, 1.82) is 0 Å². The van der Waals surface area contributed by atoms with Crippen LogP contribution in [0, 0.1) is 19.3 Å². The lowest BCUT2D eigenvalue weighted by Gasteiger charge is -2.36. The van der Waals surface area contributed by atoms with Gasteiger partial charge in [-0.2, -0.15) is 0 Å². The molecule has 0 bridgehead atoms. The standard InChI is InChI=1S/C28H30N2O3/c1-19-10-11-24(20(2)16-19)25-9-4-3-6-22(25)18-28(12-14-33-15-13-28)27(32)30-23-8-5-7-21(17-23)26(29)31/h3-11,16-17H,12-15,18H2,1-2H3,(H2,29,31)(H,30,32). The molecule has 1 fully saturated rings. The third-order valence-corrected chi connectivity index (χ3v) is 6.55. The summed E-state index contributed by atoms with van der Waals surface area (Å²) in [6, 6.07) is 21.6. The molecule has 1 aliphatic rings. The largest absolute Gasteiger partial charge is 0.381 e. The molecule has 3 aromatic carbocycles. The first kappa shape index (κ1) is 22.7. The number of hydrogen-bond acceptors (Lipinski definition) is 3. The second-order valence-corrected chi connectivity index (χ2v) is 8.94. The average Bonchev–Trinajstić information content (AvgIpc) is 2.80. The molecule has 0 aromatic heterocycles. The summed E-state index contributed by atoms with van der Waals surface area (Å²) >= 11 is 0. The van der Waals surface area contributed by atoms with E-state index in [9.17, 15) is 9.59 Å². The van der Waals surface area contributed by atoms with Gasteiger partial charge in [0, 0.05) is 24.5 Å². The average molecular weight is 443 g/mol. The van der Waals surface area contributed by atoms with Crippen molar-refractivity contribution in [1.82, 2.24) is 0 Å². The summed E-state index contributed by atoms with van der Waals surface area (Å²) < 4.78 is 5.62. The Kier molecular flexibility index (Phi) is 6.61. The van der Waals surface area contributed by atoms with E-state index < -0.39 is 11.3 Å². The van der Waals surface area contributed by atoms with Gasteiger partial charge in [-0.1, -0.05) is 54.1 Å². The lowest BCUT2D eigenvalue weighted by molar-refractivity contribution is -0.131. The Morgan fingerprint density at radius 3 is 2.42 bits per heavy atom. The molecule has 0 aliphatic carbocycles. The first-order valence-corrected chi connectivity index (χ1v) is 11.3. The maximum absolute atomic E-state index is 13.7. The highest BCUT2D eigenvalue weighted by molar-refractivity contribution is 5.98. The Hall–Kier alpha value is -3.44. The van der Waals surface area contributed by atoms with Crippen molar-refractivity contribution in [3.8, 4) is 11.1 Å². The van der Waals surface area contributed by atoms with Crippen LogP contribution in [0.15, 0.2) is 66.7 Å². The molecule has 1 aliphatic heterocycles. The fourth-order valence-electron chi connectivity index (χ4n) is 4.68. The third-order valence-electron chi connectivity index (χ3n) is 6.55. The predicted octanol–water partition coefficient (Wildman–Crippen LogP) is 5.05. The van der Waals surface area contributed by atoms with E-state index in [0.29, 0.717) is 43.7 Å². The Labute approximate surface area is 195 Å². The summed E-state index contributed by atoms with van der Waals surface area (Å²) in [7, 11) is 0. The van der Waals surface area contributed by atoms with Crippen molar-refractivity contribution < 1.29 is 14.3 Å². The lowest BCUT2D eigenvalue weighted by atomic mass is 9.73. The molecule has 5 heteroatoms. The molecule has 4 rings (SSSR count). The Morgan fingerprint density at radius 1 is 0.939 bits per heavy atom. The van der Waals surface area contributed by atoms with Crippen LogP contribution in [-0.4, -0.2) is 25.0 Å². The first-order chi connectivity index (χ1) is 15.9. The van der Waals surface area contributed by atoms with Crippen LogP contribution in [0.3, 0.4) is 0 Å². The molecule has 3 N–H and O–H groups in total. The molecule has 1 saturated heterocycles. The fourth-order valence-corrected chi connectivity index (χ4v) is 4.68. The van der Waals surface area contributed by atoms with Crippen LogP contribution >= 0.6 is 0 Å². The second kappa shape index (κ2) is 9.59. The van der Waals surface area contributed by atoms with E-state index in [1.807, 2.05) is 12.1 Å². The molecule has 2 amide bonds. The number of amides is 2. The van der Waals surface area contributed by atoms with E-state index in [-0.39, 0.29) is 5.91 Å². The number of ether oxygens (including phenoxy) is 1. The van der Waals surface area contributed by atoms with E-state index in [2.05, 4.69) is 49.5 Å². The summed E-state index contributed by atoms with van der Waals surface area (Å²) in [5.74, 6) is -0.572. The fraction of sp³-hybridized carbons (Fsp3) is 0.286. The van der Waals surface area contributed by atoms with E-state index in [0.717, 1.165) is 11.1 Å². The first-order valence-electron chi connectivity index (χ1n) is 11.3. The van der Waals surface area contributed by atoms with Gasteiger partial charge >= 0.3 is 0 Å². The van der Waals surface area contributed by atoms with Gasteiger partial charge in [-0.05, 0) is 73.6 Å². The van der Waals surface area contributed by atoms with Crippen molar-refractivity contribution >= 4 is 17.5 Å². The smallest absolute Gasteiger partial charge is 0.248 e. The molecular weight excluding hydrogens is 412 g/mol. The van der Waals surface area contributed by atoms with Crippen molar-refractivity contribution in [2.24, 2.45) is 11.1 Å². The van der Waals surface area contributed by atoms with Crippen LogP contribution < -0.4 is 11.1 Å². The number of rotatable bonds is 6. The number of carbonyl (C=O) groups is 2. The van der Waals surface area contributed by atoms with Gasteiger partial charge in [0.05, 0.1) is 5.41 Å². The molecule has 1 heterocycles. The second-order valence-electron chi connectivity index (χ2n) is 8.94. The van der Waals surface area contributed by atoms with Gasteiger partial charge in [-0.25, -0.2) is 0 Å². The highest BCUT2D eigenvalue weighted by Gasteiger charge is 2.40. The molecule has 0 radical (unpaired) electrons. The molecule has 0 unspecified atom stereocenters. The van der Waals surface area contributed by atoms with Gasteiger partial charge in [0.2, 0.25) is 11.8 Å². The normalized spacial score (nSPS) is 15.1. The van der Waals surface area contributed by atoms with Crippen LogP contribution in [0.5, 0.6) is 0 Å². The molecule has 5 nitrogen and oxygen atoms in total. The summed E-state index contributed by atoms with van der Waals surface area (Å²) in [4.78, 5) is 25.2. The highest BCUT2D eigenvalue weighted by atomic mass is 16.5. The minimum absolute atomic E-state index is 0.0529. The number of nitrogens with two attached hydrogens (primary N) is 1. The highest BCUT2D eigenvalue weighted by Crippen LogP contribution is 2.39. The Bertz CT molecular complexity index is 1180. The SMILES string of the molecule is Cc1ccc(-c2ccccc2CC2(C(=O)Nc3cccc(C(N)=O)c3)CCOCC2)c(C)c1. The topological polar surface area (TPSA) is 81.4 Å². The Balaban J connectivity index is 1.67. The number of aryl methyl sites for hydroxylation is 2. The van der Waals surface area contributed by atoms with Crippen molar-refractivity contribution in [2.75, 3.05) is 18.5 Å². The Morgan fingerprint density at radius 2 is 1.70 bits per heavy atom. The molecule has 0 spiro atoms. The minimum Gasteiger partial charge on any atom is -0.381 e. The number of anilines is 1. The predicted molar refractivity (Wildman–Crippen MR) is 131 cm³/mol. The number of primary amides is 1. The molecule has 0 saturated carbocycles. The van der Waals surface area contributed by atoms with E-state index in [1.165, 1.54) is 16.7 Å². The molecular formula is C28H30N2O3. The van der Waals surface area contributed by atoms with Crippen LogP contribution in [0.2, 0.25) is 0 Å². The number of hydrogen-bond donors (Lipinski definition) is 2. The van der Waals surface area contributed by atoms with Crippen molar-refractivity contribution in [2.45, 2.75) is 33.1 Å². The summed E-state index contributed by atoms with van der Waals surface area (Å²) in [5, 5.41) is 3.04. The third kappa shape index (κ3) is 4.99. The monoisotopic (exact) mass is 442 g/mol. The zero-order valence-electron chi connectivity index (χ0n) is 19.2. The van der Waals surface area contributed by atoms with Crippen molar-refractivity contribution in [3.05, 3.63) is 89.0 Å². The zero-order chi connectivity index (χ0) is 23.4. The molecule has 0 atom stereocenters. The van der Waals surface area contributed by atoms with E-state index >= 15 is 0 Å². The summed E-state index contributed by atoms with van der Waals surface area (Å²) in [6.45, 7) is 5.31. The minimum atomic E-state index is -0.602. The maximum Gasteiger partial charge on any atom is 0.248 e. The number of carbonyl (C=O) groups excluding carboxylic acids is 2. The molecule has 170 valence electrons. The van der Waals surface area contributed by atoms with Crippen LogP contribution in [0.4, 0.5) is 5.69 Å². The van der Waals surface area contributed by atoms with Crippen LogP contribution in [0.25, 0.3) is 11.1 Å². The van der Waals surface area contributed by atoms with Gasteiger partial charge in [0.1, 0.15) is 0 Å². The number of nitrogens with one attached hydrogen (secondary N) is 1.